The molecule has 1 atom stereocenters. The summed E-state index contributed by atoms with van der Waals surface area (Å²) in [6, 6.07) is 4.12. The summed E-state index contributed by atoms with van der Waals surface area (Å²) in [6.45, 7) is 7.72. The minimum Gasteiger partial charge on any atom is -0.493 e. The molecular formula is C18H28NO3+. The first kappa shape index (κ1) is 16.7. The Hall–Kier alpha value is -1.68. The minimum atomic E-state index is 0.655. The van der Waals surface area contributed by atoms with Crippen molar-refractivity contribution in [2.24, 2.45) is 0 Å². The maximum atomic E-state index is 5.46. The fourth-order valence-corrected chi connectivity index (χ4v) is 3.24. The highest BCUT2D eigenvalue weighted by Crippen LogP contribution is 2.39. The average Bonchev–Trinajstić information content (AvgIpc) is 2.50. The highest BCUT2D eigenvalue weighted by molar-refractivity contribution is 5.53. The van der Waals surface area contributed by atoms with Crippen molar-refractivity contribution in [3.8, 4) is 17.2 Å². The number of likely N-dealkylation sites (N-methyl/N-ethyl adjacent to an activating group) is 1. The van der Waals surface area contributed by atoms with E-state index in [4.69, 9.17) is 14.2 Å². The van der Waals surface area contributed by atoms with Crippen molar-refractivity contribution < 1.29 is 18.7 Å². The van der Waals surface area contributed by atoms with E-state index in [2.05, 4.69) is 33.0 Å². The molecule has 0 spiro atoms. The number of hydrogen-bond donors (Lipinski definition) is 0. The molecule has 1 aliphatic heterocycles. The molecule has 0 bridgehead atoms. The highest BCUT2D eigenvalue weighted by atomic mass is 16.5. The summed E-state index contributed by atoms with van der Waals surface area (Å²) in [4.78, 5) is 0. The number of ether oxygens (including phenoxy) is 3. The van der Waals surface area contributed by atoms with E-state index in [1.54, 1.807) is 26.9 Å². The Balaban J connectivity index is 2.30. The van der Waals surface area contributed by atoms with Gasteiger partial charge in [0.1, 0.15) is 13.1 Å². The van der Waals surface area contributed by atoms with Gasteiger partial charge < -0.3 is 18.7 Å². The Bertz CT molecular complexity index is 555. The molecule has 22 heavy (non-hydrogen) atoms. The van der Waals surface area contributed by atoms with Crippen LogP contribution >= 0.6 is 0 Å². The third kappa shape index (κ3) is 3.38. The molecule has 0 saturated heterocycles. The summed E-state index contributed by atoms with van der Waals surface area (Å²) in [7, 11) is 7.28. The van der Waals surface area contributed by atoms with Gasteiger partial charge in [0.15, 0.2) is 11.5 Å². The SMILES string of the molecule is COc1cc(C[N+]2(C)CCC(C)=C(C)C2)cc(OC)c1OC. The molecule has 0 radical (unpaired) electrons. The third-order valence-corrected chi connectivity index (χ3v) is 4.66. The van der Waals surface area contributed by atoms with Crippen LogP contribution in [0.3, 0.4) is 0 Å². The molecule has 2 rings (SSSR count). The first-order chi connectivity index (χ1) is 10.4. The van der Waals surface area contributed by atoms with E-state index in [9.17, 15) is 0 Å². The Morgan fingerprint density at radius 3 is 2.00 bits per heavy atom. The van der Waals surface area contributed by atoms with Crippen molar-refractivity contribution in [1.29, 1.82) is 0 Å². The van der Waals surface area contributed by atoms with Gasteiger partial charge in [-0.2, -0.15) is 0 Å². The van der Waals surface area contributed by atoms with Crippen LogP contribution in [0.15, 0.2) is 23.3 Å². The van der Waals surface area contributed by atoms with Crippen LogP contribution < -0.4 is 14.2 Å². The molecule has 0 saturated carbocycles. The first-order valence-electron chi connectivity index (χ1n) is 7.70. The van der Waals surface area contributed by atoms with E-state index in [0.717, 1.165) is 29.1 Å². The molecule has 0 amide bonds. The number of quaternary nitrogens is 1. The Kier molecular flexibility index (Phi) is 5.01. The van der Waals surface area contributed by atoms with Crippen LogP contribution in [0.4, 0.5) is 0 Å². The molecule has 4 heteroatoms. The van der Waals surface area contributed by atoms with E-state index in [-0.39, 0.29) is 0 Å². The molecule has 1 aromatic rings. The molecule has 1 heterocycles. The van der Waals surface area contributed by atoms with Crippen LogP contribution in [0, 0.1) is 0 Å². The summed E-state index contributed by atoms with van der Waals surface area (Å²) in [6.07, 6.45) is 1.17. The van der Waals surface area contributed by atoms with Gasteiger partial charge in [0.25, 0.3) is 0 Å². The standard InChI is InChI=1S/C18H28NO3/c1-13-7-8-19(3,11-14(13)2)12-15-9-16(20-4)18(22-6)17(10-15)21-5/h9-10H,7-8,11-12H2,1-6H3/q+1. The van der Waals surface area contributed by atoms with Crippen LogP contribution in [-0.2, 0) is 6.54 Å². The second kappa shape index (κ2) is 6.61. The van der Waals surface area contributed by atoms with Gasteiger partial charge in [-0.05, 0) is 31.6 Å². The molecule has 1 aromatic carbocycles. The van der Waals surface area contributed by atoms with Crippen molar-refractivity contribution in [3.63, 3.8) is 0 Å². The highest BCUT2D eigenvalue weighted by Gasteiger charge is 2.28. The third-order valence-electron chi connectivity index (χ3n) is 4.66. The molecule has 0 aliphatic carbocycles. The van der Waals surface area contributed by atoms with Gasteiger partial charge >= 0.3 is 0 Å². The minimum absolute atomic E-state index is 0.655. The second-order valence-corrected chi connectivity index (χ2v) is 6.50. The number of rotatable bonds is 5. The lowest BCUT2D eigenvalue weighted by molar-refractivity contribution is -0.919. The molecule has 0 N–H and O–H groups in total. The van der Waals surface area contributed by atoms with E-state index in [0.29, 0.717) is 5.75 Å². The van der Waals surface area contributed by atoms with E-state index >= 15 is 0 Å². The topological polar surface area (TPSA) is 27.7 Å². The molecule has 0 fully saturated rings. The normalized spacial score (nSPS) is 21.7. The lowest BCUT2D eigenvalue weighted by Crippen LogP contribution is -2.47. The van der Waals surface area contributed by atoms with Crippen LogP contribution in [0.2, 0.25) is 0 Å². The van der Waals surface area contributed by atoms with Gasteiger partial charge in [-0.25, -0.2) is 0 Å². The fourth-order valence-electron chi connectivity index (χ4n) is 3.24. The van der Waals surface area contributed by atoms with Crippen molar-refractivity contribution in [2.45, 2.75) is 26.8 Å². The van der Waals surface area contributed by atoms with Crippen LogP contribution in [0.1, 0.15) is 25.8 Å². The van der Waals surface area contributed by atoms with Crippen molar-refractivity contribution >= 4 is 0 Å². The molecule has 1 unspecified atom stereocenters. The lowest BCUT2D eigenvalue weighted by atomic mass is 10.00. The van der Waals surface area contributed by atoms with E-state index < -0.39 is 0 Å². The van der Waals surface area contributed by atoms with Gasteiger partial charge in [-0.3, -0.25) is 0 Å². The predicted octanol–water partition coefficient (Wildman–Crippen LogP) is 3.40. The van der Waals surface area contributed by atoms with Crippen molar-refractivity contribution in [2.75, 3.05) is 41.5 Å². The summed E-state index contributed by atoms with van der Waals surface area (Å²) in [5.74, 6) is 2.11. The fraction of sp³-hybridized carbons (Fsp3) is 0.556. The van der Waals surface area contributed by atoms with Crippen molar-refractivity contribution in [3.05, 3.63) is 28.8 Å². The zero-order valence-electron chi connectivity index (χ0n) is 14.7. The Morgan fingerprint density at radius 2 is 1.55 bits per heavy atom. The summed E-state index contributed by atoms with van der Waals surface area (Å²) >= 11 is 0. The quantitative estimate of drug-likeness (QED) is 0.616. The van der Waals surface area contributed by atoms with E-state index in [1.807, 2.05) is 0 Å². The number of hydrogen-bond acceptors (Lipinski definition) is 3. The van der Waals surface area contributed by atoms with Gasteiger partial charge in [0.2, 0.25) is 5.75 Å². The van der Waals surface area contributed by atoms with Crippen LogP contribution in [0.5, 0.6) is 17.2 Å². The predicted molar refractivity (Wildman–Crippen MR) is 88.7 cm³/mol. The molecule has 4 nitrogen and oxygen atoms in total. The zero-order valence-corrected chi connectivity index (χ0v) is 14.7. The van der Waals surface area contributed by atoms with Crippen molar-refractivity contribution in [1.82, 2.24) is 0 Å². The summed E-state index contributed by atoms with van der Waals surface area (Å²) in [5.41, 5.74) is 4.27. The first-order valence-corrected chi connectivity index (χ1v) is 7.70. The average molecular weight is 306 g/mol. The largest absolute Gasteiger partial charge is 0.493 e. The molecule has 1 aliphatic rings. The number of nitrogens with zero attached hydrogens (tertiary/aromatic N) is 1. The van der Waals surface area contributed by atoms with Gasteiger partial charge in [0, 0.05) is 12.0 Å². The smallest absolute Gasteiger partial charge is 0.203 e. The van der Waals surface area contributed by atoms with Crippen LogP contribution in [-0.4, -0.2) is 45.9 Å². The monoisotopic (exact) mass is 306 g/mol. The lowest BCUT2D eigenvalue weighted by Gasteiger charge is -2.39. The number of benzene rings is 1. The second-order valence-electron chi connectivity index (χ2n) is 6.50. The molecular weight excluding hydrogens is 278 g/mol. The summed E-state index contributed by atoms with van der Waals surface area (Å²) < 4.78 is 17.3. The Labute approximate surface area is 133 Å². The van der Waals surface area contributed by atoms with Gasteiger partial charge in [0.05, 0.1) is 34.9 Å². The maximum Gasteiger partial charge on any atom is 0.203 e. The maximum absolute atomic E-state index is 5.46. The van der Waals surface area contributed by atoms with E-state index in [1.165, 1.54) is 24.1 Å². The van der Waals surface area contributed by atoms with Gasteiger partial charge in [-0.15, -0.1) is 0 Å². The zero-order chi connectivity index (χ0) is 16.3. The van der Waals surface area contributed by atoms with Crippen LogP contribution in [0.25, 0.3) is 0 Å². The number of methoxy groups -OCH3 is 3. The Morgan fingerprint density at radius 1 is 0.955 bits per heavy atom. The van der Waals surface area contributed by atoms with Gasteiger partial charge in [-0.1, -0.05) is 5.57 Å². The molecule has 122 valence electrons. The molecule has 0 aromatic heterocycles. The summed E-state index contributed by atoms with van der Waals surface area (Å²) in [5, 5.41) is 0.